The van der Waals surface area contributed by atoms with Crippen molar-refractivity contribution < 1.29 is 17.9 Å². The monoisotopic (exact) mass is 289 g/mol. The molecule has 0 aliphatic rings. The molecule has 0 saturated carbocycles. The molecule has 1 aromatic carbocycles. The second-order valence-corrected chi connectivity index (χ2v) is 6.78. The van der Waals surface area contributed by atoms with Crippen molar-refractivity contribution in [1.82, 2.24) is 4.72 Å². The first kappa shape index (κ1) is 16.1. The summed E-state index contributed by atoms with van der Waals surface area (Å²) in [5, 5.41) is 8.95. The van der Waals surface area contributed by atoms with Gasteiger partial charge in [-0.3, -0.25) is 0 Å². The van der Waals surface area contributed by atoms with Gasteiger partial charge < -0.3 is 5.11 Å². The van der Waals surface area contributed by atoms with Gasteiger partial charge in [0.25, 0.3) is 0 Å². The third kappa shape index (κ3) is 4.56. The maximum Gasteiger partial charge on any atom is 0.240 e. The van der Waals surface area contributed by atoms with Gasteiger partial charge in [-0.15, -0.1) is 0 Å². The van der Waals surface area contributed by atoms with Crippen LogP contribution in [-0.2, 0) is 16.6 Å². The van der Waals surface area contributed by atoms with E-state index < -0.39 is 22.4 Å². The summed E-state index contributed by atoms with van der Waals surface area (Å²) in [4.78, 5) is -0.0337. The average molecular weight is 289 g/mol. The number of hydrogen-bond donors (Lipinski definition) is 2. The fourth-order valence-electron chi connectivity index (χ4n) is 1.93. The van der Waals surface area contributed by atoms with Crippen molar-refractivity contribution >= 4 is 10.0 Å². The minimum atomic E-state index is -3.68. The van der Waals surface area contributed by atoms with E-state index in [1.165, 1.54) is 6.07 Å². The van der Waals surface area contributed by atoms with Crippen LogP contribution in [0.1, 0.15) is 32.8 Å². The van der Waals surface area contributed by atoms with Crippen LogP contribution in [0.3, 0.4) is 0 Å². The molecule has 0 bridgehead atoms. The number of nitrogens with one attached hydrogen (secondary N) is 1. The first-order valence-corrected chi connectivity index (χ1v) is 7.66. The molecule has 4 nitrogen and oxygen atoms in total. The van der Waals surface area contributed by atoms with Crippen molar-refractivity contribution in [2.24, 2.45) is 5.92 Å². The zero-order chi connectivity index (χ0) is 14.6. The van der Waals surface area contributed by atoms with Crippen LogP contribution in [0.4, 0.5) is 4.39 Å². The highest BCUT2D eigenvalue weighted by atomic mass is 32.2. The predicted molar refractivity (Wildman–Crippen MR) is 71.6 cm³/mol. The highest BCUT2D eigenvalue weighted by Crippen LogP contribution is 2.16. The topological polar surface area (TPSA) is 66.4 Å². The second kappa shape index (κ2) is 6.45. The molecule has 1 atom stereocenters. The molecular formula is C13H20FNO3S. The van der Waals surface area contributed by atoms with Crippen LogP contribution < -0.4 is 4.72 Å². The van der Waals surface area contributed by atoms with Gasteiger partial charge in [0, 0.05) is 11.6 Å². The van der Waals surface area contributed by atoms with E-state index in [9.17, 15) is 12.8 Å². The first-order chi connectivity index (χ1) is 8.76. The largest absolute Gasteiger partial charge is 0.392 e. The van der Waals surface area contributed by atoms with Crippen LogP contribution in [0.5, 0.6) is 0 Å². The first-order valence-electron chi connectivity index (χ1n) is 6.18. The summed E-state index contributed by atoms with van der Waals surface area (Å²) in [6, 6.07) is 3.19. The molecule has 0 radical (unpaired) electrons. The van der Waals surface area contributed by atoms with Gasteiger partial charge in [0.2, 0.25) is 10.0 Å². The van der Waals surface area contributed by atoms with Gasteiger partial charge in [-0.25, -0.2) is 17.5 Å². The maximum absolute atomic E-state index is 13.2. The number of aliphatic hydroxyl groups is 1. The molecule has 19 heavy (non-hydrogen) atoms. The summed E-state index contributed by atoms with van der Waals surface area (Å²) in [5.74, 6) is -0.240. The van der Waals surface area contributed by atoms with Crippen LogP contribution in [-0.4, -0.2) is 19.6 Å². The fourth-order valence-corrected chi connectivity index (χ4v) is 3.23. The lowest BCUT2D eigenvalue weighted by molar-refractivity contribution is 0.275. The summed E-state index contributed by atoms with van der Waals surface area (Å²) in [6.45, 7) is 5.27. The number of sulfonamides is 1. The molecule has 2 N–H and O–H groups in total. The number of aliphatic hydroxyl groups excluding tert-OH is 1. The number of hydrogen-bond acceptors (Lipinski definition) is 3. The lowest BCUT2D eigenvalue weighted by atomic mass is 10.1. The van der Waals surface area contributed by atoms with Gasteiger partial charge in [-0.2, -0.15) is 0 Å². The Morgan fingerprint density at radius 2 is 1.95 bits per heavy atom. The van der Waals surface area contributed by atoms with Crippen LogP contribution in [0.2, 0.25) is 0 Å². The minimum absolute atomic E-state index is 0.0283. The Hall–Kier alpha value is -0.980. The second-order valence-electron chi connectivity index (χ2n) is 5.06. The Morgan fingerprint density at radius 3 is 2.47 bits per heavy atom. The van der Waals surface area contributed by atoms with Crippen LogP contribution in [0.15, 0.2) is 23.1 Å². The Labute approximate surface area is 113 Å². The van der Waals surface area contributed by atoms with Gasteiger partial charge >= 0.3 is 0 Å². The summed E-state index contributed by atoms with van der Waals surface area (Å²) in [7, 11) is -3.68. The quantitative estimate of drug-likeness (QED) is 0.842. The van der Waals surface area contributed by atoms with Gasteiger partial charge in [0.15, 0.2) is 0 Å². The average Bonchev–Trinajstić information content (AvgIpc) is 2.27. The molecule has 0 aromatic heterocycles. The highest BCUT2D eigenvalue weighted by molar-refractivity contribution is 7.89. The molecule has 0 amide bonds. The van der Waals surface area contributed by atoms with E-state index in [-0.39, 0.29) is 16.5 Å². The van der Waals surface area contributed by atoms with Gasteiger partial charge in [-0.1, -0.05) is 13.8 Å². The third-order valence-corrected chi connectivity index (χ3v) is 4.27. The molecule has 0 aliphatic carbocycles. The normalized spacial score (nSPS) is 13.8. The lowest BCUT2D eigenvalue weighted by Crippen LogP contribution is -2.33. The number of halogens is 1. The van der Waals surface area contributed by atoms with E-state index >= 15 is 0 Å². The van der Waals surface area contributed by atoms with Crippen LogP contribution in [0, 0.1) is 11.7 Å². The summed E-state index contributed by atoms with van der Waals surface area (Å²) < 4.78 is 39.9. The Balaban J connectivity index is 2.94. The van der Waals surface area contributed by atoms with Crippen molar-refractivity contribution in [3.8, 4) is 0 Å². The smallest absolute Gasteiger partial charge is 0.240 e. The maximum atomic E-state index is 13.2. The molecule has 0 saturated heterocycles. The van der Waals surface area contributed by atoms with Gasteiger partial charge in [0.05, 0.1) is 11.5 Å². The Bertz CT molecular complexity index is 529. The Kier molecular flexibility index (Phi) is 5.46. The zero-order valence-corrected chi connectivity index (χ0v) is 12.2. The summed E-state index contributed by atoms with van der Waals surface area (Å²) in [5.41, 5.74) is -0.0283. The predicted octanol–water partition coefficient (Wildman–Crippen LogP) is 2.03. The highest BCUT2D eigenvalue weighted by Gasteiger charge is 2.19. The van der Waals surface area contributed by atoms with E-state index in [0.29, 0.717) is 12.3 Å². The molecule has 0 spiro atoms. The van der Waals surface area contributed by atoms with Crippen LogP contribution >= 0.6 is 0 Å². The lowest BCUT2D eigenvalue weighted by Gasteiger charge is -2.16. The van der Waals surface area contributed by atoms with Crippen LogP contribution in [0.25, 0.3) is 0 Å². The molecule has 6 heteroatoms. The van der Waals surface area contributed by atoms with E-state index in [0.717, 1.165) is 12.1 Å². The van der Waals surface area contributed by atoms with Gasteiger partial charge in [0.1, 0.15) is 5.82 Å². The molecule has 0 aliphatic heterocycles. The number of benzene rings is 1. The molecule has 0 fully saturated rings. The molecule has 0 heterocycles. The molecular weight excluding hydrogens is 269 g/mol. The zero-order valence-electron chi connectivity index (χ0n) is 11.4. The summed E-state index contributed by atoms with van der Waals surface area (Å²) >= 11 is 0. The van der Waals surface area contributed by atoms with Gasteiger partial charge in [-0.05, 0) is 37.5 Å². The summed E-state index contributed by atoms with van der Waals surface area (Å²) in [6.07, 6.45) is 0.716. The van der Waals surface area contributed by atoms with Crippen molar-refractivity contribution in [1.29, 1.82) is 0 Å². The van der Waals surface area contributed by atoms with E-state index in [1.807, 2.05) is 13.8 Å². The minimum Gasteiger partial charge on any atom is -0.392 e. The Morgan fingerprint density at radius 1 is 1.32 bits per heavy atom. The molecule has 1 unspecified atom stereocenters. The van der Waals surface area contributed by atoms with Crippen molar-refractivity contribution in [2.45, 2.75) is 44.7 Å². The molecule has 1 aromatic rings. The number of rotatable bonds is 6. The van der Waals surface area contributed by atoms with E-state index in [4.69, 9.17) is 5.11 Å². The fraction of sp³-hybridized carbons (Fsp3) is 0.538. The van der Waals surface area contributed by atoms with E-state index in [2.05, 4.69) is 4.72 Å². The van der Waals surface area contributed by atoms with Crippen molar-refractivity contribution in [3.05, 3.63) is 29.6 Å². The molecule has 108 valence electrons. The van der Waals surface area contributed by atoms with Crippen molar-refractivity contribution in [3.63, 3.8) is 0 Å². The standard InChI is InChI=1S/C13H20FNO3S/c1-9(2)6-10(3)15-19(17,18)12-4-5-13(14)11(7-12)8-16/h4-5,7,9-10,15-16H,6,8H2,1-3H3. The SMILES string of the molecule is CC(C)CC(C)NS(=O)(=O)c1ccc(F)c(CO)c1. The van der Waals surface area contributed by atoms with E-state index in [1.54, 1.807) is 6.92 Å². The van der Waals surface area contributed by atoms with Crippen molar-refractivity contribution in [2.75, 3.05) is 0 Å². The third-order valence-electron chi connectivity index (χ3n) is 2.68. The molecule has 1 rings (SSSR count).